The molecule has 1 saturated carbocycles. The van der Waals surface area contributed by atoms with Crippen LogP contribution in [-0.2, 0) is 0 Å². The van der Waals surface area contributed by atoms with Crippen LogP contribution in [0, 0.1) is 29.6 Å². The highest BCUT2D eigenvalue weighted by atomic mass is 14.9. The van der Waals surface area contributed by atoms with E-state index in [4.69, 9.17) is 0 Å². The van der Waals surface area contributed by atoms with Crippen LogP contribution in [0.5, 0.6) is 0 Å². The van der Waals surface area contributed by atoms with Gasteiger partial charge in [0.2, 0.25) is 0 Å². The molecule has 0 aromatic heterocycles. The third-order valence-electron chi connectivity index (χ3n) is 4.76. The van der Waals surface area contributed by atoms with Crippen LogP contribution >= 0.6 is 0 Å². The van der Waals surface area contributed by atoms with Gasteiger partial charge in [0.05, 0.1) is 0 Å². The first kappa shape index (κ1) is 15.0. The summed E-state index contributed by atoms with van der Waals surface area (Å²) >= 11 is 0. The summed E-state index contributed by atoms with van der Waals surface area (Å²) < 4.78 is 0. The van der Waals surface area contributed by atoms with Crippen LogP contribution in [0.25, 0.3) is 0 Å². The Balaban J connectivity index is 2.38. The lowest BCUT2D eigenvalue weighted by atomic mass is 9.79. The molecule has 1 N–H and O–H groups in total. The first-order valence-electron chi connectivity index (χ1n) is 7.65. The third kappa shape index (κ3) is 4.62. The van der Waals surface area contributed by atoms with Crippen molar-refractivity contribution in [3.05, 3.63) is 0 Å². The standard InChI is InChI=1S/C16H33N/c1-11(2)15(12(3)4)10-17-16-8-7-13(5)9-14(16)6/h11-17H,7-10H2,1-6H3. The lowest BCUT2D eigenvalue weighted by Crippen LogP contribution is -2.42. The normalized spacial score (nSPS) is 30.5. The lowest BCUT2D eigenvalue weighted by molar-refractivity contribution is 0.198. The molecule has 0 radical (unpaired) electrons. The van der Waals surface area contributed by atoms with Crippen LogP contribution in [0.2, 0.25) is 0 Å². The van der Waals surface area contributed by atoms with Crippen molar-refractivity contribution in [1.29, 1.82) is 0 Å². The van der Waals surface area contributed by atoms with E-state index >= 15 is 0 Å². The molecule has 0 aliphatic heterocycles. The predicted octanol–water partition coefficient (Wildman–Crippen LogP) is 4.33. The second-order valence-electron chi connectivity index (χ2n) is 7.06. The largest absolute Gasteiger partial charge is 0.313 e. The van der Waals surface area contributed by atoms with Gasteiger partial charge in [-0.15, -0.1) is 0 Å². The number of hydrogen-bond acceptors (Lipinski definition) is 1. The van der Waals surface area contributed by atoms with Gasteiger partial charge in [0.15, 0.2) is 0 Å². The van der Waals surface area contributed by atoms with Gasteiger partial charge in [-0.3, -0.25) is 0 Å². The number of hydrogen-bond donors (Lipinski definition) is 1. The van der Waals surface area contributed by atoms with E-state index < -0.39 is 0 Å². The number of rotatable bonds is 5. The van der Waals surface area contributed by atoms with Crippen molar-refractivity contribution in [2.45, 2.75) is 66.8 Å². The quantitative estimate of drug-likeness (QED) is 0.753. The van der Waals surface area contributed by atoms with Crippen molar-refractivity contribution >= 4 is 0 Å². The van der Waals surface area contributed by atoms with Gasteiger partial charge in [0.1, 0.15) is 0 Å². The van der Waals surface area contributed by atoms with Gasteiger partial charge >= 0.3 is 0 Å². The summed E-state index contributed by atoms with van der Waals surface area (Å²) in [5, 5.41) is 3.85. The Morgan fingerprint density at radius 1 is 1.00 bits per heavy atom. The summed E-state index contributed by atoms with van der Waals surface area (Å²) in [6.45, 7) is 15.5. The Kier molecular flexibility index (Phi) is 5.99. The molecule has 0 aromatic rings. The summed E-state index contributed by atoms with van der Waals surface area (Å²) in [5.74, 6) is 4.20. The molecule has 0 amide bonds. The van der Waals surface area contributed by atoms with Crippen LogP contribution in [0.4, 0.5) is 0 Å². The van der Waals surface area contributed by atoms with Gasteiger partial charge in [-0.2, -0.15) is 0 Å². The van der Waals surface area contributed by atoms with Gasteiger partial charge < -0.3 is 5.32 Å². The highest BCUT2D eigenvalue weighted by molar-refractivity contribution is 4.82. The van der Waals surface area contributed by atoms with E-state index in [0.717, 1.165) is 35.6 Å². The monoisotopic (exact) mass is 239 g/mol. The highest BCUT2D eigenvalue weighted by Crippen LogP contribution is 2.29. The van der Waals surface area contributed by atoms with Crippen LogP contribution in [0.3, 0.4) is 0 Å². The molecule has 0 aromatic carbocycles. The lowest BCUT2D eigenvalue weighted by Gasteiger charge is -2.35. The smallest absolute Gasteiger partial charge is 0.00930 e. The molecular weight excluding hydrogens is 206 g/mol. The second kappa shape index (κ2) is 6.78. The zero-order chi connectivity index (χ0) is 13.0. The molecule has 17 heavy (non-hydrogen) atoms. The third-order valence-corrected chi connectivity index (χ3v) is 4.76. The fraction of sp³-hybridized carbons (Fsp3) is 1.00. The summed E-state index contributed by atoms with van der Waals surface area (Å²) in [4.78, 5) is 0. The summed E-state index contributed by atoms with van der Waals surface area (Å²) in [6, 6.07) is 0.770. The number of nitrogens with one attached hydrogen (secondary N) is 1. The molecule has 3 unspecified atom stereocenters. The average molecular weight is 239 g/mol. The second-order valence-corrected chi connectivity index (χ2v) is 7.06. The molecule has 3 atom stereocenters. The molecule has 1 aliphatic carbocycles. The van der Waals surface area contributed by atoms with Crippen molar-refractivity contribution in [3.63, 3.8) is 0 Å². The predicted molar refractivity (Wildman–Crippen MR) is 77.1 cm³/mol. The summed E-state index contributed by atoms with van der Waals surface area (Å²) in [6.07, 6.45) is 4.20. The highest BCUT2D eigenvalue weighted by Gasteiger charge is 2.26. The first-order chi connectivity index (χ1) is 7.91. The van der Waals surface area contributed by atoms with E-state index in [2.05, 4.69) is 46.9 Å². The molecule has 1 rings (SSSR count). The Labute approximate surface area is 109 Å². The molecule has 1 heteroatoms. The van der Waals surface area contributed by atoms with Crippen molar-refractivity contribution < 1.29 is 0 Å². The minimum atomic E-state index is 0.770. The van der Waals surface area contributed by atoms with Gasteiger partial charge in [-0.1, -0.05) is 41.5 Å². The molecular formula is C16H33N. The van der Waals surface area contributed by atoms with Gasteiger partial charge in [-0.05, 0) is 55.4 Å². The Morgan fingerprint density at radius 2 is 1.59 bits per heavy atom. The first-order valence-corrected chi connectivity index (χ1v) is 7.65. The molecule has 0 spiro atoms. The van der Waals surface area contributed by atoms with E-state index in [9.17, 15) is 0 Å². The molecule has 0 heterocycles. The Bertz CT molecular complexity index is 202. The zero-order valence-electron chi connectivity index (χ0n) is 12.8. The Hall–Kier alpha value is -0.0400. The van der Waals surface area contributed by atoms with Crippen LogP contribution in [0.15, 0.2) is 0 Å². The Morgan fingerprint density at radius 3 is 2.06 bits per heavy atom. The average Bonchev–Trinajstić information content (AvgIpc) is 2.20. The van der Waals surface area contributed by atoms with E-state index in [1.165, 1.54) is 25.8 Å². The minimum absolute atomic E-state index is 0.770. The van der Waals surface area contributed by atoms with Gasteiger partial charge in [0.25, 0.3) is 0 Å². The van der Waals surface area contributed by atoms with Crippen molar-refractivity contribution in [3.8, 4) is 0 Å². The van der Waals surface area contributed by atoms with Crippen molar-refractivity contribution in [2.75, 3.05) is 6.54 Å². The molecule has 1 nitrogen and oxygen atoms in total. The molecule has 0 saturated heterocycles. The van der Waals surface area contributed by atoms with Gasteiger partial charge in [-0.25, -0.2) is 0 Å². The van der Waals surface area contributed by atoms with E-state index in [0.29, 0.717) is 0 Å². The minimum Gasteiger partial charge on any atom is -0.313 e. The SMILES string of the molecule is CC1CCC(NCC(C(C)C)C(C)C)C(C)C1. The van der Waals surface area contributed by atoms with Crippen LogP contribution in [-0.4, -0.2) is 12.6 Å². The maximum Gasteiger partial charge on any atom is 0.00930 e. The maximum absolute atomic E-state index is 3.85. The maximum atomic E-state index is 3.85. The van der Waals surface area contributed by atoms with Crippen LogP contribution < -0.4 is 5.32 Å². The fourth-order valence-electron chi connectivity index (χ4n) is 3.50. The molecule has 0 bridgehead atoms. The molecule has 102 valence electrons. The van der Waals surface area contributed by atoms with Crippen molar-refractivity contribution in [1.82, 2.24) is 5.32 Å². The zero-order valence-corrected chi connectivity index (χ0v) is 12.8. The van der Waals surface area contributed by atoms with E-state index in [-0.39, 0.29) is 0 Å². The molecule has 1 aliphatic rings. The van der Waals surface area contributed by atoms with E-state index in [1.807, 2.05) is 0 Å². The molecule has 1 fully saturated rings. The summed E-state index contributed by atoms with van der Waals surface area (Å²) in [5.41, 5.74) is 0. The summed E-state index contributed by atoms with van der Waals surface area (Å²) in [7, 11) is 0. The van der Waals surface area contributed by atoms with E-state index in [1.54, 1.807) is 0 Å². The fourth-order valence-corrected chi connectivity index (χ4v) is 3.50. The van der Waals surface area contributed by atoms with Crippen LogP contribution in [0.1, 0.15) is 60.8 Å². The van der Waals surface area contributed by atoms with Crippen molar-refractivity contribution in [2.24, 2.45) is 29.6 Å². The van der Waals surface area contributed by atoms with Gasteiger partial charge in [0, 0.05) is 6.04 Å². The topological polar surface area (TPSA) is 12.0 Å².